The van der Waals surface area contributed by atoms with Gasteiger partial charge in [-0.15, -0.1) is 0 Å². The van der Waals surface area contributed by atoms with Gasteiger partial charge >= 0.3 is 0 Å². The van der Waals surface area contributed by atoms with Gasteiger partial charge in [-0.3, -0.25) is 4.79 Å². The van der Waals surface area contributed by atoms with E-state index in [1.165, 1.54) is 17.0 Å². The number of carbonyl (C=O) groups is 1. The molecule has 0 fully saturated rings. The number of carbonyl (C=O) groups excluding carboxylic acids is 1. The largest absolute Gasteiger partial charge is 0.352 e. The third kappa shape index (κ3) is 2.87. The maximum Gasteiger partial charge on any atom is 0.251 e. The van der Waals surface area contributed by atoms with Gasteiger partial charge in [0.25, 0.3) is 5.91 Å². The summed E-state index contributed by atoms with van der Waals surface area (Å²) in [6, 6.07) is 9.73. The molecule has 100 valence electrons. The third-order valence-electron chi connectivity index (χ3n) is 3.63. The number of benzene rings is 1. The fourth-order valence-electron chi connectivity index (χ4n) is 2.09. The number of aryl methyl sites for hydroxylation is 2. The van der Waals surface area contributed by atoms with Crippen molar-refractivity contribution in [1.29, 1.82) is 0 Å². The van der Waals surface area contributed by atoms with E-state index in [1.807, 2.05) is 38.2 Å². The first-order valence-corrected chi connectivity index (χ1v) is 6.45. The molecule has 1 aromatic carbocycles. The minimum atomic E-state index is -0.0269. The second-order valence-corrected chi connectivity index (χ2v) is 5.00. The summed E-state index contributed by atoms with van der Waals surface area (Å²) in [7, 11) is 2.04. The summed E-state index contributed by atoms with van der Waals surface area (Å²) in [5.41, 5.74) is 5.43. The zero-order valence-corrected chi connectivity index (χ0v) is 11.9. The molecule has 0 radical (unpaired) electrons. The van der Waals surface area contributed by atoms with E-state index in [2.05, 4.69) is 29.8 Å². The monoisotopic (exact) mass is 256 g/mol. The van der Waals surface area contributed by atoms with Crippen molar-refractivity contribution >= 4 is 5.91 Å². The summed E-state index contributed by atoms with van der Waals surface area (Å²) in [5.74, 6) is -0.0269. The van der Waals surface area contributed by atoms with Crippen molar-refractivity contribution in [2.45, 2.75) is 27.3 Å². The van der Waals surface area contributed by atoms with Gasteiger partial charge in [-0.05, 0) is 44.5 Å². The fourth-order valence-corrected chi connectivity index (χ4v) is 2.09. The van der Waals surface area contributed by atoms with E-state index >= 15 is 0 Å². The van der Waals surface area contributed by atoms with Crippen LogP contribution in [0.25, 0.3) is 0 Å². The highest BCUT2D eigenvalue weighted by Gasteiger charge is 2.09. The molecule has 3 heteroatoms. The van der Waals surface area contributed by atoms with Gasteiger partial charge in [0.05, 0.1) is 0 Å². The molecule has 0 saturated heterocycles. The zero-order chi connectivity index (χ0) is 14.0. The van der Waals surface area contributed by atoms with Crippen molar-refractivity contribution in [3.05, 3.63) is 58.4 Å². The summed E-state index contributed by atoms with van der Waals surface area (Å²) >= 11 is 0. The van der Waals surface area contributed by atoms with E-state index in [9.17, 15) is 4.79 Å². The molecule has 0 aliphatic carbocycles. The van der Waals surface area contributed by atoms with E-state index in [1.54, 1.807) is 0 Å². The summed E-state index contributed by atoms with van der Waals surface area (Å²) in [4.78, 5) is 12.0. The molecule has 1 aromatic heterocycles. The molecule has 3 nitrogen and oxygen atoms in total. The van der Waals surface area contributed by atoms with Crippen LogP contribution in [-0.4, -0.2) is 10.5 Å². The number of amides is 1. The molecule has 2 aromatic rings. The molecule has 1 amide bonds. The van der Waals surface area contributed by atoms with Crippen LogP contribution < -0.4 is 5.32 Å². The van der Waals surface area contributed by atoms with Gasteiger partial charge in [0.2, 0.25) is 0 Å². The maximum absolute atomic E-state index is 12.0. The van der Waals surface area contributed by atoms with Crippen molar-refractivity contribution in [2.75, 3.05) is 0 Å². The van der Waals surface area contributed by atoms with Crippen molar-refractivity contribution in [1.82, 2.24) is 9.88 Å². The van der Waals surface area contributed by atoms with Crippen LogP contribution in [-0.2, 0) is 13.6 Å². The minimum absolute atomic E-state index is 0.0269. The second-order valence-electron chi connectivity index (χ2n) is 5.00. The lowest BCUT2D eigenvalue weighted by Gasteiger charge is -2.06. The van der Waals surface area contributed by atoms with Crippen molar-refractivity contribution in [3.63, 3.8) is 0 Å². The van der Waals surface area contributed by atoms with Crippen LogP contribution in [0.2, 0.25) is 0 Å². The first kappa shape index (κ1) is 13.4. The Hall–Kier alpha value is -2.03. The van der Waals surface area contributed by atoms with Gasteiger partial charge in [-0.25, -0.2) is 0 Å². The van der Waals surface area contributed by atoms with E-state index in [0.717, 1.165) is 5.56 Å². The molecular weight excluding hydrogens is 236 g/mol. The van der Waals surface area contributed by atoms with Crippen molar-refractivity contribution in [3.8, 4) is 0 Å². The van der Waals surface area contributed by atoms with Crippen LogP contribution in [0.4, 0.5) is 0 Å². The van der Waals surface area contributed by atoms with Crippen LogP contribution in [0.15, 0.2) is 30.3 Å². The van der Waals surface area contributed by atoms with E-state index in [-0.39, 0.29) is 5.91 Å². The maximum atomic E-state index is 12.0. The highest BCUT2D eigenvalue weighted by atomic mass is 16.1. The number of hydrogen-bond acceptors (Lipinski definition) is 1. The molecule has 0 bridgehead atoms. The molecule has 0 aliphatic rings. The SMILES string of the molecule is Cc1ccc(C(=O)NCc2cc(C)n(C)c2C)cc1. The van der Waals surface area contributed by atoms with Gasteiger partial charge in [0.15, 0.2) is 0 Å². The smallest absolute Gasteiger partial charge is 0.251 e. The molecule has 0 spiro atoms. The lowest BCUT2D eigenvalue weighted by Crippen LogP contribution is -2.22. The number of rotatable bonds is 3. The second kappa shape index (κ2) is 5.31. The molecule has 1 N–H and O–H groups in total. The van der Waals surface area contributed by atoms with E-state index < -0.39 is 0 Å². The highest BCUT2D eigenvalue weighted by Crippen LogP contribution is 2.13. The first-order chi connectivity index (χ1) is 8.99. The summed E-state index contributed by atoms with van der Waals surface area (Å²) in [6.07, 6.45) is 0. The van der Waals surface area contributed by atoms with E-state index in [0.29, 0.717) is 12.1 Å². The molecule has 19 heavy (non-hydrogen) atoms. The summed E-state index contributed by atoms with van der Waals surface area (Å²) < 4.78 is 2.13. The molecule has 0 aliphatic heterocycles. The first-order valence-electron chi connectivity index (χ1n) is 6.45. The van der Waals surface area contributed by atoms with Crippen LogP contribution >= 0.6 is 0 Å². The molecule has 2 rings (SSSR count). The fraction of sp³-hybridized carbons (Fsp3) is 0.312. The van der Waals surface area contributed by atoms with Crippen LogP contribution in [0.3, 0.4) is 0 Å². The van der Waals surface area contributed by atoms with Crippen LogP contribution in [0, 0.1) is 20.8 Å². The lowest BCUT2D eigenvalue weighted by atomic mass is 10.1. The Morgan fingerprint density at radius 3 is 2.32 bits per heavy atom. The number of nitrogens with zero attached hydrogens (tertiary/aromatic N) is 1. The van der Waals surface area contributed by atoms with Gasteiger partial charge < -0.3 is 9.88 Å². The summed E-state index contributed by atoms with van der Waals surface area (Å²) in [5, 5.41) is 2.96. The van der Waals surface area contributed by atoms with Gasteiger partial charge in [0, 0.05) is 30.5 Å². The van der Waals surface area contributed by atoms with Crippen LogP contribution in [0.1, 0.15) is 32.9 Å². The molecule has 0 unspecified atom stereocenters. The van der Waals surface area contributed by atoms with Gasteiger partial charge in [-0.2, -0.15) is 0 Å². The summed E-state index contributed by atoms with van der Waals surface area (Å²) in [6.45, 7) is 6.72. The zero-order valence-electron chi connectivity index (χ0n) is 11.9. The molecule has 0 saturated carbocycles. The topological polar surface area (TPSA) is 34.0 Å². The predicted molar refractivity (Wildman–Crippen MR) is 77.2 cm³/mol. The number of nitrogens with one attached hydrogen (secondary N) is 1. The number of hydrogen-bond donors (Lipinski definition) is 1. The quantitative estimate of drug-likeness (QED) is 0.900. The Balaban J connectivity index is 2.04. The Morgan fingerprint density at radius 1 is 1.16 bits per heavy atom. The highest BCUT2D eigenvalue weighted by molar-refractivity contribution is 5.94. The van der Waals surface area contributed by atoms with Crippen molar-refractivity contribution < 1.29 is 4.79 Å². The average molecular weight is 256 g/mol. The molecular formula is C16H20N2O. The lowest BCUT2D eigenvalue weighted by molar-refractivity contribution is 0.0951. The Kier molecular flexibility index (Phi) is 3.74. The minimum Gasteiger partial charge on any atom is -0.352 e. The molecule has 0 atom stereocenters. The standard InChI is InChI=1S/C16H20N2O/c1-11-5-7-14(8-6-11)16(19)17-10-15-9-12(2)18(4)13(15)3/h5-9H,10H2,1-4H3,(H,17,19). The van der Waals surface area contributed by atoms with Crippen LogP contribution in [0.5, 0.6) is 0 Å². The molecule has 1 heterocycles. The van der Waals surface area contributed by atoms with E-state index in [4.69, 9.17) is 0 Å². The predicted octanol–water partition coefficient (Wildman–Crippen LogP) is 2.88. The Labute approximate surface area is 114 Å². The van der Waals surface area contributed by atoms with Crippen molar-refractivity contribution in [2.24, 2.45) is 7.05 Å². The Bertz CT molecular complexity index is 594. The van der Waals surface area contributed by atoms with Gasteiger partial charge in [-0.1, -0.05) is 17.7 Å². The average Bonchev–Trinajstić information content (AvgIpc) is 2.64. The third-order valence-corrected chi connectivity index (χ3v) is 3.63. The number of aromatic nitrogens is 1. The Morgan fingerprint density at radius 2 is 1.79 bits per heavy atom. The van der Waals surface area contributed by atoms with Gasteiger partial charge in [0.1, 0.15) is 0 Å². The normalized spacial score (nSPS) is 10.5.